The number of hydrogen-bond acceptors (Lipinski definition) is 7. The number of amides is 1. The normalized spacial score (nSPS) is 15.4. The Morgan fingerprint density at radius 2 is 1.79 bits per heavy atom. The monoisotopic (exact) mass is 604 g/mol. The van der Waals surface area contributed by atoms with Crippen LogP contribution in [0.4, 0.5) is 10.5 Å². The first-order valence-corrected chi connectivity index (χ1v) is 16.4. The Morgan fingerprint density at radius 3 is 2.38 bits per heavy atom. The lowest BCUT2D eigenvalue weighted by atomic mass is 9.84. The molecule has 42 heavy (non-hydrogen) atoms. The van der Waals surface area contributed by atoms with E-state index in [1.807, 2.05) is 33.8 Å². The van der Waals surface area contributed by atoms with Gasteiger partial charge in [0.25, 0.3) is 10.0 Å². The minimum atomic E-state index is -3.92. The van der Waals surface area contributed by atoms with Gasteiger partial charge >= 0.3 is 6.09 Å². The highest BCUT2D eigenvalue weighted by molar-refractivity contribution is 7.92. The van der Waals surface area contributed by atoms with E-state index in [4.69, 9.17) is 14.2 Å². The Labute approximate surface area is 251 Å². The van der Waals surface area contributed by atoms with E-state index in [1.54, 1.807) is 24.3 Å². The molecule has 10 heteroatoms. The number of carbonyl (C=O) groups excluding carboxylic acids is 1. The summed E-state index contributed by atoms with van der Waals surface area (Å²) in [4.78, 5) is 12.6. The van der Waals surface area contributed by atoms with Gasteiger partial charge in [-0.1, -0.05) is 32.8 Å². The molecule has 0 saturated heterocycles. The maximum atomic E-state index is 13.6. The van der Waals surface area contributed by atoms with Gasteiger partial charge in [-0.2, -0.15) is 0 Å². The minimum Gasteiger partial charge on any atom is -0.506 e. The topological polar surface area (TPSA) is 114 Å². The first-order chi connectivity index (χ1) is 20.0. The molecule has 0 spiro atoms. The molecule has 2 N–H and O–H groups in total. The smallest absolute Gasteiger partial charge is 0.407 e. The lowest BCUT2D eigenvalue weighted by molar-refractivity contribution is 0.0477. The lowest BCUT2D eigenvalue weighted by Crippen LogP contribution is -2.36. The van der Waals surface area contributed by atoms with Crippen molar-refractivity contribution >= 4 is 21.8 Å². The number of phenolic OH excluding ortho intramolecular Hbond substituents is 1. The quantitative estimate of drug-likeness (QED) is 0.217. The molecule has 1 amide bonds. The van der Waals surface area contributed by atoms with Crippen LogP contribution >= 0.6 is 0 Å². The molecule has 1 saturated carbocycles. The van der Waals surface area contributed by atoms with E-state index in [-0.39, 0.29) is 40.3 Å². The third-order valence-corrected chi connectivity index (χ3v) is 9.67. The Bertz CT molecular complexity index is 1240. The molecule has 234 valence electrons. The van der Waals surface area contributed by atoms with E-state index >= 15 is 0 Å². The van der Waals surface area contributed by atoms with E-state index in [9.17, 15) is 18.3 Å². The van der Waals surface area contributed by atoms with Crippen LogP contribution in [0.5, 0.6) is 11.5 Å². The van der Waals surface area contributed by atoms with Crippen LogP contribution in [0.1, 0.15) is 71.8 Å². The zero-order valence-corrected chi connectivity index (χ0v) is 26.5. The molecular weight excluding hydrogens is 556 g/mol. The first-order valence-electron chi connectivity index (χ1n) is 15.0. The van der Waals surface area contributed by atoms with Gasteiger partial charge in [0.05, 0.1) is 24.3 Å². The fraction of sp³-hybridized carbons (Fsp3) is 0.594. The predicted molar refractivity (Wildman–Crippen MR) is 165 cm³/mol. The fourth-order valence-electron chi connectivity index (χ4n) is 5.41. The van der Waals surface area contributed by atoms with Crippen LogP contribution in [0.15, 0.2) is 47.4 Å². The molecule has 2 aromatic carbocycles. The first kappa shape index (κ1) is 33.5. The number of alkyl carbamates (subject to hydrolysis) is 1. The van der Waals surface area contributed by atoms with Gasteiger partial charge in [-0.05, 0) is 93.8 Å². The Balaban J connectivity index is 1.60. The van der Waals surface area contributed by atoms with Gasteiger partial charge in [-0.15, -0.1) is 0 Å². The number of phenols is 1. The van der Waals surface area contributed by atoms with Gasteiger partial charge < -0.3 is 24.6 Å². The van der Waals surface area contributed by atoms with Crippen molar-refractivity contribution in [2.45, 2.75) is 83.6 Å². The largest absolute Gasteiger partial charge is 0.506 e. The number of carbonyl (C=O) groups is 1. The van der Waals surface area contributed by atoms with Gasteiger partial charge in [0.15, 0.2) is 0 Å². The number of aryl methyl sites for hydroxylation is 1. The van der Waals surface area contributed by atoms with Crippen molar-refractivity contribution in [3.05, 3.63) is 48.0 Å². The molecule has 1 aliphatic rings. The molecule has 1 unspecified atom stereocenters. The maximum Gasteiger partial charge on any atom is 0.407 e. The molecule has 0 aromatic heterocycles. The van der Waals surface area contributed by atoms with Crippen LogP contribution in [0, 0.1) is 11.3 Å². The van der Waals surface area contributed by atoms with Gasteiger partial charge in [0.1, 0.15) is 11.5 Å². The van der Waals surface area contributed by atoms with Crippen LogP contribution in [-0.4, -0.2) is 59.1 Å². The number of benzene rings is 2. The van der Waals surface area contributed by atoms with Crippen molar-refractivity contribution < 1.29 is 32.5 Å². The van der Waals surface area contributed by atoms with Crippen molar-refractivity contribution in [2.24, 2.45) is 11.3 Å². The summed E-state index contributed by atoms with van der Waals surface area (Å²) in [5.74, 6) is 0.472. The number of nitrogens with zero attached hydrogens (tertiary/aromatic N) is 1. The summed E-state index contributed by atoms with van der Waals surface area (Å²) < 4.78 is 44.7. The number of rotatable bonds is 16. The van der Waals surface area contributed by atoms with Crippen LogP contribution in [0.3, 0.4) is 0 Å². The van der Waals surface area contributed by atoms with Gasteiger partial charge in [0, 0.05) is 31.2 Å². The van der Waals surface area contributed by atoms with E-state index < -0.39 is 16.1 Å². The zero-order valence-electron chi connectivity index (χ0n) is 25.7. The summed E-state index contributed by atoms with van der Waals surface area (Å²) in [5.41, 5.74) is 1.08. The van der Waals surface area contributed by atoms with Crippen molar-refractivity contribution in [3.63, 3.8) is 0 Å². The van der Waals surface area contributed by atoms with Crippen LogP contribution in [0.2, 0.25) is 0 Å². The predicted octanol–water partition coefficient (Wildman–Crippen LogP) is 6.29. The van der Waals surface area contributed by atoms with E-state index in [2.05, 4.69) is 5.32 Å². The van der Waals surface area contributed by atoms with Crippen molar-refractivity contribution in [3.8, 4) is 11.5 Å². The summed E-state index contributed by atoms with van der Waals surface area (Å²) >= 11 is 0. The fourth-order valence-corrected chi connectivity index (χ4v) is 7.05. The van der Waals surface area contributed by atoms with Crippen LogP contribution in [0.25, 0.3) is 0 Å². The Hall–Kier alpha value is -2.98. The molecule has 0 heterocycles. The molecule has 0 radical (unpaired) electrons. The average Bonchev–Trinajstić information content (AvgIpc) is 3.43. The standard InChI is InChI=1S/C32H48N2O7S/c1-6-40-20-19-32(17-7-8-18-32)23-41-31(36)33-25(4)9-10-26-11-16-29(30(35)21-26)34(22-24(2)3)42(37,38)28-14-12-27(39-5)13-15-28/h11-16,21,24-25,35H,6-10,17-20,22-23H2,1-5H3,(H,33,36). The summed E-state index contributed by atoms with van der Waals surface area (Å²) in [6.45, 7) is 9.74. The molecule has 1 atom stereocenters. The second-order valence-electron chi connectivity index (χ2n) is 11.7. The SMILES string of the molecule is CCOCCC1(COC(=O)NC(C)CCc2ccc(N(CC(C)C)S(=O)(=O)c3ccc(OC)cc3)c(O)c2)CCCC1. The Morgan fingerprint density at radius 1 is 1.10 bits per heavy atom. The average molecular weight is 605 g/mol. The number of ether oxygens (including phenoxy) is 3. The molecule has 0 aliphatic heterocycles. The van der Waals surface area contributed by atoms with E-state index in [0.29, 0.717) is 38.4 Å². The third-order valence-electron chi connectivity index (χ3n) is 7.87. The van der Waals surface area contributed by atoms with Crippen LogP contribution in [-0.2, 0) is 25.9 Å². The summed E-state index contributed by atoms with van der Waals surface area (Å²) in [6.07, 6.45) is 6.11. The number of sulfonamides is 1. The lowest BCUT2D eigenvalue weighted by Gasteiger charge is -2.28. The van der Waals surface area contributed by atoms with Gasteiger partial charge in [-0.3, -0.25) is 4.31 Å². The third kappa shape index (κ3) is 9.26. The molecule has 1 aliphatic carbocycles. The van der Waals surface area contributed by atoms with Crippen molar-refractivity contribution in [1.29, 1.82) is 0 Å². The maximum absolute atomic E-state index is 13.6. The number of hydrogen-bond donors (Lipinski definition) is 2. The van der Waals surface area contributed by atoms with Crippen molar-refractivity contribution in [2.75, 3.05) is 37.8 Å². The van der Waals surface area contributed by atoms with Crippen molar-refractivity contribution in [1.82, 2.24) is 5.32 Å². The highest BCUT2D eigenvalue weighted by Crippen LogP contribution is 2.41. The molecule has 2 aromatic rings. The number of anilines is 1. The molecule has 9 nitrogen and oxygen atoms in total. The number of nitrogens with one attached hydrogen (secondary N) is 1. The molecule has 3 rings (SSSR count). The molecular formula is C32H48N2O7S. The number of aromatic hydroxyl groups is 1. The second kappa shape index (κ2) is 15.5. The van der Waals surface area contributed by atoms with Crippen LogP contribution < -0.4 is 14.4 Å². The minimum absolute atomic E-state index is 0.0132. The Kier molecular flexibility index (Phi) is 12.4. The zero-order chi connectivity index (χ0) is 30.8. The van der Waals surface area contributed by atoms with E-state index in [0.717, 1.165) is 37.7 Å². The summed E-state index contributed by atoms with van der Waals surface area (Å²) in [6, 6.07) is 11.1. The van der Waals surface area contributed by atoms with E-state index in [1.165, 1.54) is 23.5 Å². The van der Waals surface area contributed by atoms with Gasteiger partial charge in [0.2, 0.25) is 0 Å². The number of methoxy groups -OCH3 is 1. The second-order valence-corrected chi connectivity index (χ2v) is 13.6. The van der Waals surface area contributed by atoms with Gasteiger partial charge in [-0.25, -0.2) is 13.2 Å². The molecule has 1 fully saturated rings. The summed E-state index contributed by atoms with van der Waals surface area (Å²) in [5, 5.41) is 13.8. The summed E-state index contributed by atoms with van der Waals surface area (Å²) in [7, 11) is -2.40. The highest BCUT2D eigenvalue weighted by Gasteiger charge is 2.35. The molecule has 0 bridgehead atoms. The highest BCUT2D eigenvalue weighted by atomic mass is 32.2.